The van der Waals surface area contributed by atoms with Crippen LogP contribution >= 0.6 is 11.6 Å². The molecule has 0 heterocycles. The summed E-state index contributed by atoms with van der Waals surface area (Å²) >= 11 is 6.26. The Morgan fingerprint density at radius 1 is 1.18 bits per heavy atom. The van der Waals surface area contributed by atoms with Crippen LogP contribution in [0.5, 0.6) is 0 Å². The molecule has 0 bridgehead atoms. The normalized spacial score (nSPS) is 15.1. The quantitative estimate of drug-likeness (QED) is 0.553. The molecule has 1 aromatic rings. The van der Waals surface area contributed by atoms with Crippen LogP contribution in [0.2, 0.25) is 5.02 Å². The maximum Gasteiger partial charge on any atom is 0.140 e. The first-order valence-corrected chi connectivity index (χ1v) is 8.20. The van der Waals surface area contributed by atoms with Crippen LogP contribution in [0.25, 0.3) is 0 Å². The summed E-state index contributed by atoms with van der Waals surface area (Å²) in [6.45, 7) is 12.9. The van der Waals surface area contributed by atoms with Gasteiger partial charge in [0.05, 0.1) is 10.7 Å². The van der Waals surface area contributed by atoms with Gasteiger partial charge in [-0.15, -0.1) is 0 Å². The van der Waals surface area contributed by atoms with Crippen molar-refractivity contribution >= 4 is 17.3 Å². The molecular weight excluding hydrogens is 298 g/mol. The number of anilines is 1. The summed E-state index contributed by atoms with van der Waals surface area (Å²) in [5.74, 6) is 0. The molecular formula is C17H30ClN3O. The van der Waals surface area contributed by atoms with Gasteiger partial charge in [-0.25, -0.2) is 0 Å². The number of rotatable bonds is 6. The summed E-state index contributed by atoms with van der Waals surface area (Å²) in [4.78, 5) is 2.24. The number of hydrogen-bond donors (Lipinski definition) is 3. The zero-order chi connectivity index (χ0) is 17.1. The molecule has 5 N–H and O–H groups in total. The van der Waals surface area contributed by atoms with E-state index in [1.54, 1.807) is 6.07 Å². The van der Waals surface area contributed by atoms with Gasteiger partial charge in [-0.2, -0.15) is 0 Å². The van der Waals surface area contributed by atoms with Crippen molar-refractivity contribution in [2.75, 3.05) is 18.8 Å². The molecule has 126 valence electrons. The summed E-state index contributed by atoms with van der Waals surface area (Å²) in [5.41, 5.74) is 12.8. The molecule has 5 heteroatoms. The molecule has 0 spiro atoms. The van der Waals surface area contributed by atoms with E-state index in [2.05, 4.69) is 18.7 Å². The Morgan fingerprint density at radius 3 is 2.18 bits per heavy atom. The molecule has 1 unspecified atom stereocenters. The fraction of sp³-hybridized carbons (Fsp3) is 0.647. The monoisotopic (exact) mass is 327 g/mol. The number of aliphatic hydroxyl groups is 1. The van der Waals surface area contributed by atoms with E-state index >= 15 is 0 Å². The van der Waals surface area contributed by atoms with E-state index in [0.717, 1.165) is 18.7 Å². The van der Waals surface area contributed by atoms with Crippen LogP contribution in [-0.4, -0.2) is 23.1 Å². The van der Waals surface area contributed by atoms with Crippen molar-refractivity contribution in [2.24, 2.45) is 11.1 Å². The van der Waals surface area contributed by atoms with Crippen molar-refractivity contribution < 1.29 is 5.11 Å². The van der Waals surface area contributed by atoms with E-state index in [-0.39, 0.29) is 5.41 Å². The lowest BCUT2D eigenvalue weighted by molar-refractivity contribution is 0.00283. The number of nitrogens with zero attached hydrogens (tertiary/aromatic N) is 1. The Balaban J connectivity index is 3.20. The average Bonchev–Trinajstić information content (AvgIpc) is 2.37. The standard InChI is InChI=1S/C17H30ClN3O/c1-6-21(7-2)10-12-8-13(9-14(18)15(12)19)17(20,22)11-16(3,4)5/h8-9,22H,6-7,10-11,19-20H2,1-5H3. The zero-order valence-electron chi connectivity index (χ0n) is 14.4. The molecule has 0 fully saturated rings. The van der Waals surface area contributed by atoms with Gasteiger partial charge in [-0.1, -0.05) is 46.2 Å². The maximum atomic E-state index is 10.7. The Kier molecular flexibility index (Phi) is 6.27. The van der Waals surface area contributed by atoms with Gasteiger partial charge in [0.25, 0.3) is 0 Å². The highest BCUT2D eigenvalue weighted by molar-refractivity contribution is 6.33. The topological polar surface area (TPSA) is 75.5 Å². The van der Waals surface area contributed by atoms with Crippen molar-refractivity contribution in [1.29, 1.82) is 0 Å². The van der Waals surface area contributed by atoms with E-state index in [4.69, 9.17) is 23.1 Å². The van der Waals surface area contributed by atoms with E-state index in [0.29, 0.717) is 29.2 Å². The van der Waals surface area contributed by atoms with Gasteiger partial charge >= 0.3 is 0 Å². The summed E-state index contributed by atoms with van der Waals surface area (Å²) in [7, 11) is 0. The van der Waals surface area contributed by atoms with Gasteiger partial charge in [0, 0.05) is 12.1 Å². The van der Waals surface area contributed by atoms with Crippen LogP contribution in [0.15, 0.2) is 12.1 Å². The summed E-state index contributed by atoms with van der Waals surface area (Å²) in [6.07, 6.45) is 0.435. The molecule has 0 aliphatic carbocycles. The molecule has 0 saturated carbocycles. The Labute approximate surface area is 139 Å². The van der Waals surface area contributed by atoms with Crippen LogP contribution in [0.4, 0.5) is 5.69 Å². The van der Waals surface area contributed by atoms with Gasteiger partial charge < -0.3 is 10.8 Å². The predicted molar refractivity (Wildman–Crippen MR) is 94.6 cm³/mol. The van der Waals surface area contributed by atoms with Gasteiger partial charge in [-0.05, 0) is 42.6 Å². The van der Waals surface area contributed by atoms with Crippen LogP contribution < -0.4 is 11.5 Å². The first kappa shape index (κ1) is 19.2. The third-order valence-electron chi connectivity index (χ3n) is 3.80. The minimum atomic E-state index is -1.42. The Hall–Kier alpha value is -0.810. The molecule has 1 rings (SSSR count). The fourth-order valence-electron chi connectivity index (χ4n) is 2.65. The minimum Gasteiger partial charge on any atom is -0.397 e. The molecule has 1 atom stereocenters. The average molecular weight is 328 g/mol. The molecule has 0 aliphatic heterocycles. The lowest BCUT2D eigenvalue weighted by Gasteiger charge is -2.32. The predicted octanol–water partition coefficient (Wildman–Crippen LogP) is 3.30. The third-order valence-corrected chi connectivity index (χ3v) is 4.12. The number of benzene rings is 1. The summed E-state index contributed by atoms with van der Waals surface area (Å²) in [5, 5.41) is 11.1. The molecule has 0 radical (unpaired) electrons. The molecule has 4 nitrogen and oxygen atoms in total. The molecule has 0 aromatic heterocycles. The van der Waals surface area contributed by atoms with E-state index < -0.39 is 5.72 Å². The Morgan fingerprint density at radius 2 is 1.73 bits per heavy atom. The van der Waals surface area contributed by atoms with Crippen molar-refractivity contribution in [1.82, 2.24) is 4.90 Å². The van der Waals surface area contributed by atoms with E-state index in [9.17, 15) is 5.11 Å². The van der Waals surface area contributed by atoms with Crippen molar-refractivity contribution in [2.45, 2.75) is 53.3 Å². The number of hydrogen-bond acceptors (Lipinski definition) is 4. The Bertz CT molecular complexity index is 505. The largest absolute Gasteiger partial charge is 0.397 e. The van der Waals surface area contributed by atoms with Gasteiger partial charge in [0.15, 0.2) is 0 Å². The number of halogens is 1. The van der Waals surface area contributed by atoms with Crippen LogP contribution in [0, 0.1) is 5.41 Å². The summed E-state index contributed by atoms with van der Waals surface area (Å²) < 4.78 is 0. The van der Waals surface area contributed by atoms with Crippen LogP contribution in [0.1, 0.15) is 52.2 Å². The summed E-state index contributed by atoms with van der Waals surface area (Å²) in [6, 6.07) is 3.56. The molecule has 22 heavy (non-hydrogen) atoms. The van der Waals surface area contributed by atoms with Gasteiger partial charge in [0.2, 0.25) is 0 Å². The van der Waals surface area contributed by atoms with Crippen molar-refractivity contribution in [3.05, 3.63) is 28.3 Å². The first-order valence-electron chi connectivity index (χ1n) is 7.82. The SMILES string of the molecule is CCN(CC)Cc1cc(C(N)(O)CC(C)(C)C)cc(Cl)c1N. The van der Waals surface area contributed by atoms with E-state index in [1.807, 2.05) is 26.8 Å². The maximum absolute atomic E-state index is 10.7. The number of nitrogen functional groups attached to an aromatic ring is 1. The van der Waals surface area contributed by atoms with E-state index in [1.165, 1.54) is 0 Å². The minimum absolute atomic E-state index is 0.101. The molecule has 0 saturated heterocycles. The van der Waals surface area contributed by atoms with Crippen molar-refractivity contribution in [3.63, 3.8) is 0 Å². The second-order valence-corrected chi connectivity index (χ2v) is 7.56. The third kappa shape index (κ3) is 5.13. The molecule has 1 aromatic carbocycles. The smallest absolute Gasteiger partial charge is 0.140 e. The van der Waals surface area contributed by atoms with Gasteiger partial charge in [0.1, 0.15) is 5.72 Å². The zero-order valence-corrected chi connectivity index (χ0v) is 15.2. The fourth-order valence-corrected chi connectivity index (χ4v) is 2.89. The van der Waals surface area contributed by atoms with Gasteiger partial charge in [-0.3, -0.25) is 10.6 Å². The second-order valence-electron chi connectivity index (χ2n) is 7.15. The molecule has 0 aliphatic rings. The molecule has 0 amide bonds. The highest BCUT2D eigenvalue weighted by Gasteiger charge is 2.31. The second kappa shape index (κ2) is 7.18. The van der Waals surface area contributed by atoms with Crippen LogP contribution in [-0.2, 0) is 12.3 Å². The van der Waals surface area contributed by atoms with Crippen molar-refractivity contribution in [3.8, 4) is 0 Å². The lowest BCUT2D eigenvalue weighted by Crippen LogP contribution is -2.40. The highest BCUT2D eigenvalue weighted by Crippen LogP contribution is 2.35. The lowest BCUT2D eigenvalue weighted by atomic mass is 9.83. The first-order chi connectivity index (χ1) is 10.00. The van der Waals surface area contributed by atoms with Crippen LogP contribution in [0.3, 0.4) is 0 Å². The number of nitrogens with two attached hydrogens (primary N) is 2. The highest BCUT2D eigenvalue weighted by atomic mass is 35.5.